The summed E-state index contributed by atoms with van der Waals surface area (Å²) in [5.41, 5.74) is 4.08. The molecule has 0 unspecified atom stereocenters. The van der Waals surface area contributed by atoms with Crippen molar-refractivity contribution in [3.8, 4) is 11.3 Å². The molecule has 0 N–H and O–H groups in total. The summed E-state index contributed by atoms with van der Waals surface area (Å²) in [7, 11) is 0. The van der Waals surface area contributed by atoms with Crippen molar-refractivity contribution in [1.82, 2.24) is 4.98 Å². The zero-order valence-corrected chi connectivity index (χ0v) is 14.7. The van der Waals surface area contributed by atoms with Crippen LogP contribution in [0.5, 0.6) is 0 Å². The van der Waals surface area contributed by atoms with Gasteiger partial charge in [-0.15, -0.1) is 0 Å². The predicted molar refractivity (Wildman–Crippen MR) is 91.7 cm³/mol. The molecule has 0 radical (unpaired) electrons. The van der Waals surface area contributed by atoms with Crippen molar-refractivity contribution in [1.29, 1.82) is 0 Å². The second-order valence-electron chi connectivity index (χ2n) is 6.79. The molecule has 0 aliphatic carbocycles. The first kappa shape index (κ1) is 13.6. The number of fused-ring (bicyclic) bond motifs is 2. The van der Waals surface area contributed by atoms with Gasteiger partial charge in [0.15, 0.2) is 0 Å². The third kappa shape index (κ3) is 2.46. The first-order chi connectivity index (χ1) is 10.4. The molecule has 1 aromatic carbocycles. The van der Waals surface area contributed by atoms with Crippen LogP contribution < -0.4 is 4.40 Å². The summed E-state index contributed by atoms with van der Waals surface area (Å²) >= 11 is -1.75. The number of nitrogens with zero attached hydrogens (tertiary/aromatic N) is 1. The molecule has 1 spiro atoms. The van der Waals surface area contributed by atoms with Gasteiger partial charge in [0.05, 0.1) is 0 Å². The van der Waals surface area contributed by atoms with Crippen molar-refractivity contribution >= 4 is 17.7 Å². The van der Waals surface area contributed by atoms with Crippen molar-refractivity contribution in [2.75, 3.05) is 0 Å². The number of hydrogen-bond donors (Lipinski definition) is 0. The molecule has 4 rings (SSSR count). The summed E-state index contributed by atoms with van der Waals surface area (Å²) in [6.07, 6.45) is 9.45. The Bertz CT molecular complexity index is 629. The molecule has 2 aromatic rings. The number of rotatable bonds is 1. The molecule has 0 atom stereocenters. The van der Waals surface area contributed by atoms with Gasteiger partial charge in [-0.3, -0.25) is 0 Å². The van der Waals surface area contributed by atoms with Gasteiger partial charge in [-0.1, -0.05) is 0 Å². The van der Waals surface area contributed by atoms with Gasteiger partial charge < -0.3 is 0 Å². The number of pyridine rings is 1. The molecule has 1 nitrogen and oxygen atoms in total. The molecule has 21 heavy (non-hydrogen) atoms. The van der Waals surface area contributed by atoms with Gasteiger partial charge in [0.25, 0.3) is 0 Å². The molecule has 2 aliphatic rings. The SMILES string of the molecule is c1ccc(-c2cc3[c](cn2)[Ge]2([CH2]CCC[CH2]2)[CH2]CC3)cc1. The minimum absolute atomic E-state index is 1.17. The number of hydrogen-bond acceptors (Lipinski definition) is 1. The molecule has 0 bridgehead atoms. The summed E-state index contributed by atoms with van der Waals surface area (Å²) < 4.78 is 1.76. The Labute approximate surface area is 130 Å². The first-order valence-corrected chi connectivity index (χ1v) is 13.9. The predicted octanol–water partition coefficient (Wildman–Crippen LogP) is 4.53. The van der Waals surface area contributed by atoms with Crippen molar-refractivity contribution in [2.24, 2.45) is 0 Å². The molecule has 1 saturated heterocycles. The molecular formula is C19H23GeN. The summed E-state index contributed by atoms with van der Waals surface area (Å²) in [5.74, 6) is 0. The van der Waals surface area contributed by atoms with Gasteiger partial charge in [0.1, 0.15) is 0 Å². The number of aromatic nitrogens is 1. The van der Waals surface area contributed by atoms with Crippen LogP contribution in [0.4, 0.5) is 0 Å². The molecule has 1 fully saturated rings. The Kier molecular flexibility index (Phi) is 3.62. The van der Waals surface area contributed by atoms with E-state index >= 15 is 0 Å². The monoisotopic (exact) mass is 339 g/mol. The van der Waals surface area contributed by atoms with Crippen molar-refractivity contribution in [2.45, 2.75) is 47.9 Å². The van der Waals surface area contributed by atoms with Gasteiger partial charge in [-0.2, -0.15) is 0 Å². The Hall–Kier alpha value is -1.09. The number of aryl methyl sites for hydroxylation is 1. The second kappa shape index (κ2) is 5.60. The summed E-state index contributed by atoms with van der Waals surface area (Å²) in [4.78, 5) is 4.86. The zero-order valence-electron chi connectivity index (χ0n) is 12.6. The maximum absolute atomic E-state index is 4.86. The molecule has 3 heterocycles. The molecule has 0 amide bonds. The fourth-order valence-electron chi connectivity index (χ4n) is 4.45. The van der Waals surface area contributed by atoms with E-state index in [9.17, 15) is 0 Å². The van der Waals surface area contributed by atoms with E-state index in [1.54, 1.807) is 25.7 Å². The fraction of sp³-hybridized carbons (Fsp3) is 0.421. The van der Waals surface area contributed by atoms with E-state index in [0.717, 1.165) is 0 Å². The van der Waals surface area contributed by atoms with E-state index in [2.05, 4.69) is 42.6 Å². The van der Waals surface area contributed by atoms with E-state index in [1.165, 1.54) is 43.4 Å². The van der Waals surface area contributed by atoms with Crippen LogP contribution in [0, 0.1) is 0 Å². The molecule has 2 aliphatic heterocycles. The third-order valence-corrected chi connectivity index (χ3v) is 17.1. The maximum atomic E-state index is 4.86. The Morgan fingerprint density at radius 1 is 0.857 bits per heavy atom. The van der Waals surface area contributed by atoms with E-state index in [-0.39, 0.29) is 0 Å². The summed E-state index contributed by atoms with van der Waals surface area (Å²) in [5, 5.41) is 4.71. The van der Waals surface area contributed by atoms with Crippen LogP contribution in [0.2, 0.25) is 15.8 Å². The van der Waals surface area contributed by atoms with Crippen LogP contribution >= 0.6 is 0 Å². The minimum atomic E-state index is -1.75. The topological polar surface area (TPSA) is 12.9 Å². The van der Waals surface area contributed by atoms with E-state index < -0.39 is 13.3 Å². The normalized spacial score (nSPS) is 20.2. The number of benzene rings is 1. The van der Waals surface area contributed by atoms with Crippen LogP contribution in [-0.4, -0.2) is 18.3 Å². The second-order valence-corrected chi connectivity index (χ2v) is 16.4. The summed E-state index contributed by atoms with van der Waals surface area (Å²) in [6, 6.07) is 13.1. The Balaban J connectivity index is 1.75. The third-order valence-electron chi connectivity index (χ3n) is 5.54. The standard InChI is InChI=1S/C19H23GeN/c1-3-8-16(9-4-1)19-14-17-10-7-13-20(18(17)15-21-19)11-5-2-6-12-20/h1,3-4,8-9,14-15H,2,5-7,10-13H2. The van der Waals surface area contributed by atoms with Gasteiger partial charge in [-0.25, -0.2) is 0 Å². The van der Waals surface area contributed by atoms with Crippen molar-refractivity contribution in [3.05, 3.63) is 48.2 Å². The van der Waals surface area contributed by atoms with Crippen molar-refractivity contribution in [3.63, 3.8) is 0 Å². The van der Waals surface area contributed by atoms with Crippen LogP contribution in [-0.2, 0) is 6.42 Å². The van der Waals surface area contributed by atoms with Gasteiger partial charge in [0.2, 0.25) is 0 Å². The average Bonchev–Trinajstić information content (AvgIpc) is 2.56. The van der Waals surface area contributed by atoms with Crippen LogP contribution in [0.25, 0.3) is 11.3 Å². The van der Waals surface area contributed by atoms with E-state index in [4.69, 9.17) is 4.98 Å². The summed E-state index contributed by atoms with van der Waals surface area (Å²) in [6.45, 7) is 0. The van der Waals surface area contributed by atoms with E-state index in [0.29, 0.717) is 0 Å². The van der Waals surface area contributed by atoms with E-state index in [1.807, 2.05) is 0 Å². The van der Waals surface area contributed by atoms with Crippen LogP contribution in [0.1, 0.15) is 31.2 Å². The first-order valence-electron chi connectivity index (χ1n) is 8.42. The fourth-order valence-corrected chi connectivity index (χ4v) is 15.9. The molecular weight excluding hydrogens is 315 g/mol. The molecule has 2 heteroatoms. The molecule has 1 aromatic heterocycles. The zero-order chi connectivity index (χ0) is 14.1. The molecule has 108 valence electrons. The Morgan fingerprint density at radius 2 is 1.62 bits per heavy atom. The average molecular weight is 338 g/mol. The quantitative estimate of drug-likeness (QED) is 0.696. The van der Waals surface area contributed by atoms with Crippen LogP contribution in [0.15, 0.2) is 42.6 Å². The van der Waals surface area contributed by atoms with Gasteiger partial charge >= 0.3 is 130 Å². The van der Waals surface area contributed by atoms with Gasteiger partial charge in [0, 0.05) is 0 Å². The van der Waals surface area contributed by atoms with Crippen molar-refractivity contribution < 1.29 is 0 Å². The molecule has 0 saturated carbocycles. The van der Waals surface area contributed by atoms with Crippen LogP contribution in [0.3, 0.4) is 0 Å². The Morgan fingerprint density at radius 3 is 2.43 bits per heavy atom. The van der Waals surface area contributed by atoms with Gasteiger partial charge in [-0.05, 0) is 0 Å².